The Morgan fingerprint density at radius 3 is 1.46 bits per heavy atom. The number of nitrogens with one attached hydrogen (secondary N) is 1. The lowest BCUT2D eigenvalue weighted by Gasteiger charge is -2.29. The molecule has 0 saturated heterocycles. The Labute approximate surface area is 376 Å². The van der Waals surface area contributed by atoms with Gasteiger partial charge in [0, 0.05) is 6.42 Å². The molecule has 8 nitrogen and oxygen atoms in total. The number of carbonyl (C=O) groups is 1. The molecule has 0 aromatic carbocycles. The summed E-state index contributed by atoms with van der Waals surface area (Å²) < 4.78 is 23.1. The van der Waals surface area contributed by atoms with Gasteiger partial charge in [-0.15, -0.1) is 0 Å². The van der Waals surface area contributed by atoms with Gasteiger partial charge in [0.05, 0.1) is 39.9 Å². The smallest absolute Gasteiger partial charge is 0.268 e. The van der Waals surface area contributed by atoms with Gasteiger partial charge in [-0.05, 0) is 64.2 Å². The number of aliphatic hydroxyl groups excluding tert-OH is 1. The highest BCUT2D eigenvalue weighted by Gasteiger charge is 2.23. The Morgan fingerprint density at radius 2 is 1.00 bits per heavy atom. The van der Waals surface area contributed by atoms with E-state index in [9.17, 15) is 19.4 Å². The largest absolute Gasteiger partial charge is 0.756 e. The predicted octanol–water partition coefficient (Wildman–Crippen LogP) is 13.7. The van der Waals surface area contributed by atoms with E-state index in [1.165, 1.54) is 103 Å². The summed E-state index contributed by atoms with van der Waals surface area (Å²) in [6.07, 6.45) is 58.7. The van der Waals surface area contributed by atoms with Gasteiger partial charge in [-0.3, -0.25) is 9.36 Å². The third-order valence-corrected chi connectivity index (χ3v) is 11.6. The molecule has 0 spiro atoms. The number of nitrogens with zero attached hydrogens (tertiary/aromatic N) is 1. The van der Waals surface area contributed by atoms with Gasteiger partial charge >= 0.3 is 0 Å². The van der Waals surface area contributed by atoms with Crippen molar-refractivity contribution in [2.75, 3.05) is 40.9 Å². The average Bonchev–Trinajstić information content (AvgIpc) is 3.21. The van der Waals surface area contributed by atoms with Crippen LogP contribution in [-0.4, -0.2) is 68.5 Å². The van der Waals surface area contributed by atoms with Crippen molar-refractivity contribution >= 4 is 13.7 Å². The summed E-state index contributed by atoms with van der Waals surface area (Å²) in [5.74, 6) is -0.205. The molecule has 1 amide bonds. The van der Waals surface area contributed by atoms with Gasteiger partial charge in [0.15, 0.2) is 0 Å². The monoisotopic (exact) mass is 875 g/mol. The van der Waals surface area contributed by atoms with Gasteiger partial charge < -0.3 is 28.8 Å². The molecule has 0 bridgehead atoms. The molecule has 61 heavy (non-hydrogen) atoms. The molecule has 2 N–H and O–H groups in total. The first-order valence-corrected chi connectivity index (χ1v) is 26.3. The average molecular weight is 875 g/mol. The number of aliphatic hydroxyl groups is 1. The van der Waals surface area contributed by atoms with Crippen LogP contribution in [0.5, 0.6) is 0 Å². The number of amides is 1. The van der Waals surface area contributed by atoms with Gasteiger partial charge in [0.25, 0.3) is 7.82 Å². The number of quaternary nitrogens is 1. The molecule has 0 rings (SSSR count). The lowest BCUT2D eigenvalue weighted by Crippen LogP contribution is -2.45. The van der Waals surface area contributed by atoms with E-state index in [0.29, 0.717) is 17.4 Å². The number of hydrogen-bond donors (Lipinski definition) is 2. The molecule has 0 aliphatic heterocycles. The Morgan fingerprint density at radius 1 is 0.590 bits per heavy atom. The third-order valence-electron chi connectivity index (χ3n) is 10.7. The maximum Gasteiger partial charge on any atom is 0.268 e. The third kappa shape index (κ3) is 45.8. The minimum Gasteiger partial charge on any atom is -0.756 e. The van der Waals surface area contributed by atoms with Gasteiger partial charge in [-0.1, -0.05) is 202 Å². The molecule has 3 unspecified atom stereocenters. The number of hydrogen-bond acceptors (Lipinski definition) is 6. The summed E-state index contributed by atoms with van der Waals surface area (Å²) in [5.41, 5.74) is 0. The van der Waals surface area contributed by atoms with Crippen molar-refractivity contribution in [2.45, 2.75) is 212 Å². The van der Waals surface area contributed by atoms with Gasteiger partial charge in [0.2, 0.25) is 5.91 Å². The molecule has 0 fully saturated rings. The Hall–Kier alpha value is -2.06. The zero-order chi connectivity index (χ0) is 45.0. The van der Waals surface area contributed by atoms with Crippen LogP contribution < -0.4 is 10.2 Å². The molecular weight excluding hydrogens is 780 g/mol. The lowest BCUT2D eigenvalue weighted by molar-refractivity contribution is -0.870. The first-order valence-electron chi connectivity index (χ1n) is 24.8. The number of phosphoric ester groups is 1. The molecule has 0 aliphatic carbocycles. The Bertz CT molecular complexity index is 1220. The lowest BCUT2D eigenvalue weighted by atomic mass is 10.0. The number of phosphoric acid groups is 1. The summed E-state index contributed by atoms with van der Waals surface area (Å²) in [7, 11) is 1.25. The molecule has 0 aromatic heterocycles. The van der Waals surface area contributed by atoms with E-state index in [0.717, 1.165) is 77.0 Å². The number of rotatable bonds is 44. The van der Waals surface area contributed by atoms with Crippen molar-refractivity contribution in [2.24, 2.45) is 0 Å². The topological polar surface area (TPSA) is 108 Å². The van der Waals surface area contributed by atoms with Crippen LogP contribution in [0.4, 0.5) is 0 Å². The summed E-state index contributed by atoms with van der Waals surface area (Å²) in [6, 6.07) is -0.884. The van der Waals surface area contributed by atoms with Crippen LogP contribution in [0, 0.1) is 0 Å². The number of carbonyl (C=O) groups excluding carboxylic acids is 1. The second-order valence-corrected chi connectivity index (χ2v) is 19.2. The van der Waals surface area contributed by atoms with Crippen molar-refractivity contribution in [1.82, 2.24) is 5.32 Å². The highest BCUT2D eigenvalue weighted by Crippen LogP contribution is 2.38. The molecule has 354 valence electrons. The van der Waals surface area contributed by atoms with Crippen LogP contribution in [0.15, 0.2) is 72.9 Å². The van der Waals surface area contributed by atoms with E-state index < -0.39 is 20.0 Å². The molecule has 0 saturated carbocycles. The Balaban J connectivity index is 3.89. The van der Waals surface area contributed by atoms with Gasteiger partial charge in [-0.2, -0.15) is 0 Å². The fourth-order valence-corrected chi connectivity index (χ4v) is 7.49. The summed E-state index contributed by atoms with van der Waals surface area (Å²) in [6.45, 7) is 4.44. The van der Waals surface area contributed by atoms with Crippen molar-refractivity contribution in [3.63, 3.8) is 0 Å². The maximum absolute atomic E-state index is 12.8. The second-order valence-electron chi connectivity index (χ2n) is 17.8. The standard InChI is InChI=1S/C52H95N2O6P/c1-6-8-10-12-14-15-16-17-18-19-20-21-22-23-24-25-26-27-28-29-30-31-32-33-34-35-36-37-38-39-40-42-44-46-52(56)53-50(51(55)45-43-41-13-11-9-7-2)49-60-61(57,58)59-48-47-54(3,4)5/h8,10,14-15,17-18,20-21,23-24,43,45,50-51,55H,6-7,9,11-13,16,19,22,25-42,44,46-49H2,1-5H3,(H-,53,56,57,58)/b10-8-,15-14-,18-17-,21-20-,24-23-,45-43+. The number of likely N-dealkylation sites (N-methyl/N-ethyl adjacent to an activating group) is 1. The fraction of sp³-hybridized carbons (Fsp3) is 0.750. The fourth-order valence-electron chi connectivity index (χ4n) is 6.77. The first kappa shape index (κ1) is 58.9. The minimum atomic E-state index is -4.58. The maximum atomic E-state index is 12.8. The van der Waals surface area contributed by atoms with Crippen LogP contribution >= 0.6 is 7.82 Å². The Kier molecular flexibility index (Phi) is 41.7. The quantitative estimate of drug-likeness (QED) is 0.0273. The van der Waals surface area contributed by atoms with Crippen LogP contribution in [-0.2, 0) is 18.4 Å². The van der Waals surface area contributed by atoms with E-state index in [1.807, 2.05) is 27.2 Å². The molecule has 9 heteroatoms. The van der Waals surface area contributed by atoms with Crippen molar-refractivity contribution in [1.29, 1.82) is 0 Å². The molecule has 0 aliphatic rings. The van der Waals surface area contributed by atoms with Crippen LogP contribution in [0.25, 0.3) is 0 Å². The zero-order valence-electron chi connectivity index (χ0n) is 40.1. The molecule has 0 radical (unpaired) electrons. The summed E-state index contributed by atoms with van der Waals surface area (Å²) in [4.78, 5) is 25.2. The van der Waals surface area contributed by atoms with E-state index in [4.69, 9.17) is 9.05 Å². The molecule has 3 atom stereocenters. The van der Waals surface area contributed by atoms with E-state index in [1.54, 1.807) is 6.08 Å². The van der Waals surface area contributed by atoms with Crippen LogP contribution in [0.2, 0.25) is 0 Å². The van der Waals surface area contributed by atoms with E-state index in [2.05, 4.69) is 79.9 Å². The van der Waals surface area contributed by atoms with Crippen molar-refractivity contribution < 1.29 is 32.9 Å². The van der Waals surface area contributed by atoms with E-state index >= 15 is 0 Å². The van der Waals surface area contributed by atoms with Crippen LogP contribution in [0.1, 0.15) is 200 Å². The molecule has 0 heterocycles. The summed E-state index contributed by atoms with van der Waals surface area (Å²) >= 11 is 0. The zero-order valence-corrected chi connectivity index (χ0v) is 41.0. The van der Waals surface area contributed by atoms with Crippen LogP contribution in [0.3, 0.4) is 0 Å². The highest BCUT2D eigenvalue weighted by atomic mass is 31.2. The minimum absolute atomic E-state index is 0.00317. The highest BCUT2D eigenvalue weighted by molar-refractivity contribution is 7.45. The van der Waals surface area contributed by atoms with Crippen molar-refractivity contribution in [3.8, 4) is 0 Å². The second kappa shape index (κ2) is 43.2. The number of unbranched alkanes of at least 4 members (excludes halogenated alkanes) is 21. The SMILES string of the molecule is CC/C=C\C/C=C\C/C=C\C/C=C\C/C=C\CCCCCCCCCCCCCCCCCCCC(=O)NC(COP(=O)([O-])OCC[N+](C)(C)C)C(O)/C=C/CCCCCC. The van der Waals surface area contributed by atoms with E-state index in [-0.39, 0.29) is 19.1 Å². The van der Waals surface area contributed by atoms with Crippen molar-refractivity contribution in [3.05, 3.63) is 72.9 Å². The normalized spacial score (nSPS) is 14.8. The number of allylic oxidation sites excluding steroid dienone is 11. The predicted molar refractivity (Wildman–Crippen MR) is 260 cm³/mol. The van der Waals surface area contributed by atoms with Gasteiger partial charge in [-0.25, -0.2) is 0 Å². The summed E-state index contributed by atoms with van der Waals surface area (Å²) in [5, 5.41) is 13.6. The molecule has 0 aromatic rings. The van der Waals surface area contributed by atoms with Gasteiger partial charge in [0.1, 0.15) is 13.2 Å². The molecular formula is C52H95N2O6P. The first-order chi connectivity index (χ1) is 29.5.